The predicted octanol–water partition coefficient (Wildman–Crippen LogP) is 2.06. The van der Waals surface area contributed by atoms with Gasteiger partial charge in [-0.2, -0.15) is 0 Å². The zero-order valence-corrected chi connectivity index (χ0v) is 13.6. The van der Waals surface area contributed by atoms with Gasteiger partial charge in [-0.05, 0) is 31.9 Å². The lowest BCUT2D eigenvalue weighted by Gasteiger charge is -2.09. The first kappa shape index (κ1) is 15.3. The highest BCUT2D eigenvalue weighted by Gasteiger charge is 2.13. The zero-order chi connectivity index (χ0) is 16.6. The maximum Gasteiger partial charge on any atom is 0.350 e. The molecule has 0 atom stereocenters. The van der Waals surface area contributed by atoms with Crippen LogP contribution in [0.5, 0.6) is 0 Å². The van der Waals surface area contributed by atoms with E-state index in [2.05, 4.69) is 5.10 Å². The maximum atomic E-state index is 12.7. The molecule has 0 amide bonds. The summed E-state index contributed by atoms with van der Waals surface area (Å²) in [7, 11) is 0. The minimum atomic E-state index is -0.285. The molecule has 0 fully saturated rings. The largest absolute Gasteiger partial charge is 0.350 e. The van der Waals surface area contributed by atoms with Crippen LogP contribution in [0.25, 0.3) is 11.3 Å². The highest BCUT2D eigenvalue weighted by Crippen LogP contribution is 2.13. The fourth-order valence-corrected chi connectivity index (χ4v) is 2.73. The van der Waals surface area contributed by atoms with E-state index in [-0.39, 0.29) is 16.9 Å². The fourth-order valence-electron chi connectivity index (χ4n) is 2.73. The molecule has 0 aliphatic carbocycles. The van der Waals surface area contributed by atoms with Gasteiger partial charge in [0.1, 0.15) is 0 Å². The van der Waals surface area contributed by atoms with Crippen molar-refractivity contribution in [2.45, 2.75) is 40.2 Å². The Kier molecular flexibility index (Phi) is 3.90. The summed E-state index contributed by atoms with van der Waals surface area (Å²) < 4.78 is 4.23. The van der Waals surface area contributed by atoms with Crippen LogP contribution in [-0.4, -0.2) is 18.7 Å². The molecule has 3 rings (SSSR count). The molecule has 1 aromatic carbocycles. The van der Waals surface area contributed by atoms with E-state index in [1.165, 1.54) is 9.08 Å². The van der Waals surface area contributed by atoms with Crippen molar-refractivity contribution >= 4 is 5.65 Å². The second-order valence-corrected chi connectivity index (χ2v) is 5.82. The summed E-state index contributed by atoms with van der Waals surface area (Å²) in [4.78, 5) is 25.0. The van der Waals surface area contributed by atoms with E-state index in [1.54, 1.807) is 17.0 Å². The Bertz CT molecular complexity index is 978. The van der Waals surface area contributed by atoms with Gasteiger partial charge in [0.05, 0.1) is 5.69 Å². The quantitative estimate of drug-likeness (QED) is 0.741. The lowest BCUT2D eigenvalue weighted by Crippen LogP contribution is -2.24. The number of hydrogen-bond acceptors (Lipinski definition) is 3. The summed E-state index contributed by atoms with van der Waals surface area (Å²) in [5.74, 6) is 0. The van der Waals surface area contributed by atoms with Crippen molar-refractivity contribution in [1.82, 2.24) is 18.7 Å². The Morgan fingerprint density at radius 1 is 1.13 bits per heavy atom. The van der Waals surface area contributed by atoms with Crippen molar-refractivity contribution in [3.05, 3.63) is 62.6 Å². The van der Waals surface area contributed by atoms with Crippen LogP contribution >= 0.6 is 0 Å². The normalized spacial score (nSPS) is 11.3. The van der Waals surface area contributed by atoms with Gasteiger partial charge in [0.2, 0.25) is 5.65 Å². The monoisotopic (exact) mass is 312 g/mol. The summed E-state index contributed by atoms with van der Waals surface area (Å²) in [6.07, 6.45) is 5.05. The summed E-state index contributed by atoms with van der Waals surface area (Å²) in [5, 5.41) is 4.22. The fraction of sp³-hybridized carbons (Fsp3) is 0.353. The molecule has 0 aliphatic rings. The molecule has 2 heterocycles. The Balaban J connectivity index is 2.19. The van der Waals surface area contributed by atoms with Crippen LogP contribution in [0.3, 0.4) is 0 Å². The van der Waals surface area contributed by atoms with Crippen LogP contribution in [-0.2, 0) is 6.54 Å². The van der Waals surface area contributed by atoms with E-state index in [0.29, 0.717) is 6.54 Å². The van der Waals surface area contributed by atoms with Gasteiger partial charge in [-0.25, -0.2) is 13.9 Å². The predicted molar refractivity (Wildman–Crippen MR) is 89.4 cm³/mol. The molecule has 2 aromatic heterocycles. The first-order valence-electron chi connectivity index (χ1n) is 7.81. The van der Waals surface area contributed by atoms with Gasteiger partial charge in [0, 0.05) is 18.9 Å². The molecule has 0 aliphatic heterocycles. The smallest absolute Gasteiger partial charge is 0.279 e. The number of hydrogen-bond donors (Lipinski definition) is 0. The zero-order valence-electron chi connectivity index (χ0n) is 13.6. The molecule has 120 valence electrons. The van der Waals surface area contributed by atoms with Gasteiger partial charge < -0.3 is 0 Å². The van der Waals surface area contributed by atoms with Crippen molar-refractivity contribution in [2.24, 2.45) is 0 Å². The third-order valence-electron chi connectivity index (χ3n) is 3.98. The van der Waals surface area contributed by atoms with E-state index in [4.69, 9.17) is 0 Å². The van der Waals surface area contributed by atoms with Crippen LogP contribution in [0.4, 0.5) is 0 Å². The molecule has 0 saturated heterocycles. The first-order valence-corrected chi connectivity index (χ1v) is 7.81. The topological polar surface area (TPSA) is 61.3 Å². The van der Waals surface area contributed by atoms with E-state index < -0.39 is 0 Å². The minimum Gasteiger partial charge on any atom is -0.279 e. The highest BCUT2D eigenvalue weighted by atomic mass is 16.2. The number of benzene rings is 1. The van der Waals surface area contributed by atoms with E-state index in [9.17, 15) is 9.59 Å². The van der Waals surface area contributed by atoms with Crippen LogP contribution in [0.1, 0.15) is 30.9 Å². The number of fused-ring (bicyclic) bond motifs is 1. The molecule has 6 nitrogen and oxygen atoms in total. The van der Waals surface area contributed by atoms with Crippen molar-refractivity contribution in [3.8, 4) is 5.69 Å². The van der Waals surface area contributed by atoms with E-state index >= 15 is 0 Å². The summed E-state index contributed by atoms with van der Waals surface area (Å²) in [6.45, 7) is 6.55. The van der Waals surface area contributed by atoms with Gasteiger partial charge in [-0.3, -0.25) is 9.36 Å². The number of unbranched alkanes of at least 4 members (excludes halogenated alkanes) is 1. The average Bonchev–Trinajstić information content (AvgIpc) is 2.84. The highest BCUT2D eigenvalue weighted by molar-refractivity contribution is 5.45. The standard InChI is InChI=1S/C17H20N4O2/c1-4-5-8-21-17(23)20-10-9-19(16(22)15(20)18-21)14-7-6-12(2)11-13(14)3/h6-7,9-11H,4-5,8H2,1-3H3. The lowest BCUT2D eigenvalue weighted by atomic mass is 10.1. The Hall–Kier alpha value is -2.63. The molecule has 3 aromatic rings. The third kappa shape index (κ3) is 2.60. The molecule has 23 heavy (non-hydrogen) atoms. The molecule has 0 bridgehead atoms. The summed E-state index contributed by atoms with van der Waals surface area (Å²) >= 11 is 0. The van der Waals surface area contributed by atoms with E-state index in [0.717, 1.165) is 29.7 Å². The molecule has 0 saturated carbocycles. The van der Waals surface area contributed by atoms with E-state index in [1.807, 2.05) is 39.0 Å². The van der Waals surface area contributed by atoms with Gasteiger partial charge in [-0.15, -0.1) is 5.10 Å². The molecule has 0 unspecified atom stereocenters. The van der Waals surface area contributed by atoms with Crippen LogP contribution in [0, 0.1) is 13.8 Å². The second kappa shape index (κ2) is 5.87. The van der Waals surface area contributed by atoms with Gasteiger partial charge in [-0.1, -0.05) is 31.0 Å². The molecular formula is C17H20N4O2. The third-order valence-corrected chi connectivity index (χ3v) is 3.98. The summed E-state index contributed by atoms with van der Waals surface area (Å²) in [6, 6.07) is 5.90. The number of aryl methyl sites for hydroxylation is 3. The summed E-state index contributed by atoms with van der Waals surface area (Å²) in [5.41, 5.74) is 2.56. The number of nitrogens with zero attached hydrogens (tertiary/aromatic N) is 4. The first-order chi connectivity index (χ1) is 11.0. The lowest BCUT2D eigenvalue weighted by molar-refractivity contribution is 0.554. The Labute approximate surface area is 133 Å². The molecule has 6 heteroatoms. The minimum absolute atomic E-state index is 0.161. The van der Waals surface area contributed by atoms with Crippen molar-refractivity contribution < 1.29 is 0 Å². The Morgan fingerprint density at radius 3 is 2.61 bits per heavy atom. The average molecular weight is 312 g/mol. The molecule has 0 spiro atoms. The molecule has 0 N–H and O–H groups in total. The van der Waals surface area contributed by atoms with Crippen LogP contribution in [0.15, 0.2) is 40.2 Å². The van der Waals surface area contributed by atoms with Gasteiger partial charge in [0.15, 0.2) is 0 Å². The van der Waals surface area contributed by atoms with Gasteiger partial charge >= 0.3 is 11.2 Å². The molecular weight excluding hydrogens is 292 g/mol. The molecule has 0 radical (unpaired) electrons. The number of aromatic nitrogens is 4. The maximum absolute atomic E-state index is 12.7. The van der Waals surface area contributed by atoms with Crippen LogP contribution in [0.2, 0.25) is 0 Å². The van der Waals surface area contributed by atoms with Crippen molar-refractivity contribution in [3.63, 3.8) is 0 Å². The van der Waals surface area contributed by atoms with Crippen molar-refractivity contribution in [2.75, 3.05) is 0 Å². The van der Waals surface area contributed by atoms with Crippen molar-refractivity contribution in [1.29, 1.82) is 0 Å². The Morgan fingerprint density at radius 2 is 1.91 bits per heavy atom. The van der Waals surface area contributed by atoms with Crippen LogP contribution < -0.4 is 11.2 Å². The second-order valence-electron chi connectivity index (χ2n) is 5.82. The number of rotatable bonds is 4. The van der Waals surface area contributed by atoms with Gasteiger partial charge in [0.25, 0.3) is 0 Å². The SMILES string of the molecule is CCCCn1nc2c(=O)n(-c3ccc(C)cc3C)ccn2c1=O.